The third-order valence-corrected chi connectivity index (χ3v) is 3.61. The molecule has 5 heteroatoms. The highest BCUT2D eigenvalue weighted by Crippen LogP contribution is 2.27. The van der Waals surface area contributed by atoms with E-state index < -0.39 is 11.9 Å². The topological polar surface area (TPSA) is 55.1 Å². The highest BCUT2D eigenvalue weighted by atomic mass is 79.9. The molecule has 0 aliphatic carbocycles. The van der Waals surface area contributed by atoms with Gasteiger partial charge < -0.3 is 5.11 Å². The Morgan fingerprint density at radius 2 is 2.26 bits per heavy atom. The number of carbonyl (C=O) groups is 1. The van der Waals surface area contributed by atoms with Crippen LogP contribution in [0.25, 0.3) is 11.1 Å². The average molecular weight is 323 g/mol. The Bertz CT molecular complexity index is 607. The van der Waals surface area contributed by atoms with Gasteiger partial charge in [0.05, 0.1) is 12.1 Å². The summed E-state index contributed by atoms with van der Waals surface area (Å²) in [7, 11) is 1.84. The summed E-state index contributed by atoms with van der Waals surface area (Å²) in [5, 5.41) is 13.3. The quantitative estimate of drug-likeness (QED) is 0.940. The number of aliphatic carboxylic acids is 1. The first-order valence-corrected chi connectivity index (χ1v) is 6.78. The van der Waals surface area contributed by atoms with E-state index in [1.54, 1.807) is 17.8 Å². The Hall–Kier alpha value is -1.62. The lowest BCUT2D eigenvalue weighted by Crippen LogP contribution is -2.15. The number of rotatable bonds is 4. The Kier molecular flexibility index (Phi) is 4.04. The second-order valence-electron chi connectivity index (χ2n) is 4.58. The highest BCUT2D eigenvalue weighted by Gasteiger charge is 2.18. The molecular formula is C14H15BrN2O2. The van der Waals surface area contributed by atoms with Gasteiger partial charge >= 0.3 is 5.97 Å². The molecule has 1 aromatic carbocycles. The van der Waals surface area contributed by atoms with Gasteiger partial charge in [-0.2, -0.15) is 5.10 Å². The summed E-state index contributed by atoms with van der Waals surface area (Å²) in [5.74, 6) is -1.22. The van der Waals surface area contributed by atoms with Crippen molar-refractivity contribution >= 4 is 21.9 Å². The second-order valence-corrected chi connectivity index (χ2v) is 5.50. The molecule has 0 saturated carbocycles. The van der Waals surface area contributed by atoms with Crippen LogP contribution in [0, 0.1) is 5.92 Å². The van der Waals surface area contributed by atoms with Gasteiger partial charge in [0.2, 0.25) is 0 Å². The molecule has 0 radical (unpaired) electrons. The number of aromatic nitrogens is 2. The summed E-state index contributed by atoms with van der Waals surface area (Å²) in [6.07, 6.45) is 2.25. The number of benzene rings is 1. The minimum Gasteiger partial charge on any atom is -0.481 e. The molecule has 1 atom stereocenters. The van der Waals surface area contributed by atoms with E-state index in [2.05, 4.69) is 21.0 Å². The van der Waals surface area contributed by atoms with Gasteiger partial charge in [-0.15, -0.1) is 0 Å². The van der Waals surface area contributed by atoms with Crippen LogP contribution in [0.1, 0.15) is 12.6 Å². The molecule has 0 fully saturated rings. The molecule has 0 amide bonds. The zero-order valence-electron chi connectivity index (χ0n) is 10.8. The number of carboxylic acids is 1. The maximum atomic E-state index is 11.0. The van der Waals surface area contributed by atoms with Crippen molar-refractivity contribution in [1.82, 2.24) is 9.78 Å². The van der Waals surface area contributed by atoms with E-state index in [1.165, 1.54) is 0 Å². The molecule has 2 rings (SSSR count). The molecule has 1 N–H and O–H groups in total. The summed E-state index contributed by atoms with van der Waals surface area (Å²) < 4.78 is 2.74. The van der Waals surface area contributed by atoms with Crippen molar-refractivity contribution in [3.05, 3.63) is 40.6 Å². The molecule has 1 unspecified atom stereocenters. The Morgan fingerprint density at radius 3 is 2.89 bits per heavy atom. The molecule has 4 nitrogen and oxygen atoms in total. The molecule has 0 bridgehead atoms. The third kappa shape index (κ3) is 3.04. The van der Waals surface area contributed by atoms with Crippen molar-refractivity contribution in [2.45, 2.75) is 13.3 Å². The molecule has 0 aliphatic rings. The Labute approximate surface area is 120 Å². The van der Waals surface area contributed by atoms with Crippen LogP contribution in [0.2, 0.25) is 0 Å². The first-order chi connectivity index (χ1) is 8.99. The fraction of sp³-hybridized carbons (Fsp3) is 0.286. The predicted molar refractivity (Wildman–Crippen MR) is 76.8 cm³/mol. The maximum Gasteiger partial charge on any atom is 0.306 e. The third-order valence-electron chi connectivity index (χ3n) is 3.12. The van der Waals surface area contributed by atoms with Gasteiger partial charge in [0, 0.05) is 29.2 Å². The van der Waals surface area contributed by atoms with Crippen molar-refractivity contribution < 1.29 is 9.90 Å². The summed E-state index contributed by atoms with van der Waals surface area (Å²) in [4.78, 5) is 11.0. The second kappa shape index (κ2) is 5.57. The molecular weight excluding hydrogens is 308 g/mol. The van der Waals surface area contributed by atoms with Gasteiger partial charge in [0.15, 0.2) is 0 Å². The molecule has 0 aliphatic heterocycles. The number of carboxylic acid groups (broad SMARTS) is 1. The SMILES string of the molecule is CC(Cc1c(-c2cccc(Br)c2)cnn1C)C(=O)O. The van der Waals surface area contributed by atoms with Crippen molar-refractivity contribution in [2.75, 3.05) is 0 Å². The number of hydrogen-bond donors (Lipinski definition) is 1. The number of halogens is 1. The fourth-order valence-corrected chi connectivity index (χ4v) is 2.38. The van der Waals surface area contributed by atoms with Crippen LogP contribution < -0.4 is 0 Å². The van der Waals surface area contributed by atoms with Crippen molar-refractivity contribution in [2.24, 2.45) is 13.0 Å². The van der Waals surface area contributed by atoms with Crippen LogP contribution >= 0.6 is 15.9 Å². The minimum absolute atomic E-state index is 0.429. The lowest BCUT2D eigenvalue weighted by Gasteiger charge is -2.10. The first-order valence-electron chi connectivity index (χ1n) is 5.98. The molecule has 1 heterocycles. The first kappa shape index (κ1) is 13.8. The van der Waals surface area contributed by atoms with Gasteiger partial charge in [0.25, 0.3) is 0 Å². The number of hydrogen-bond acceptors (Lipinski definition) is 2. The van der Waals surface area contributed by atoms with Gasteiger partial charge in [-0.1, -0.05) is 35.0 Å². The van der Waals surface area contributed by atoms with Crippen molar-refractivity contribution in [1.29, 1.82) is 0 Å². The Balaban J connectivity index is 2.40. The average Bonchev–Trinajstić information content (AvgIpc) is 2.71. The molecule has 19 heavy (non-hydrogen) atoms. The van der Waals surface area contributed by atoms with Gasteiger partial charge in [0.1, 0.15) is 0 Å². The minimum atomic E-state index is -0.790. The number of nitrogens with zero attached hydrogens (tertiary/aromatic N) is 2. The van der Waals surface area contributed by atoms with Crippen molar-refractivity contribution in [3.8, 4) is 11.1 Å². The zero-order valence-corrected chi connectivity index (χ0v) is 12.4. The maximum absolute atomic E-state index is 11.0. The number of aryl methyl sites for hydroxylation is 1. The summed E-state index contributed by atoms with van der Waals surface area (Å²) >= 11 is 3.44. The zero-order chi connectivity index (χ0) is 14.0. The van der Waals surface area contributed by atoms with E-state index in [1.807, 2.05) is 31.3 Å². The monoisotopic (exact) mass is 322 g/mol. The van der Waals surface area contributed by atoms with Crippen molar-refractivity contribution in [3.63, 3.8) is 0 Å². The standard InChI is InChI=1S/C14H15BrN2O2/c1-9(14(18)19)6-13-12(8-16-17(13)2)10-4-3-5-11(15)7-10/h3-5,7-9H,6H2,1-2H3,(H,18,19). The van der Waals surface area contributed by atoms with Gasteiger partial charge in [-0.05, 0) is 17.7 Å². The van der Waals surface area contributed by atoms with E-state index in [0.717, 1.165) is 21.3 Å². The van der Waals surface area contributed by atoms with Crippen LogP contribution in [0.4, 0.5) is 0 Å². The van der Waals surface area contributed by atoms with E-state index >= 15 is 0 Å². The predicted octanol–water partition coefficient (Wildman–Crippen LogP) is 3.11. The largest absolute Gasteiger partial charge is 0.481 e. The van der Waals surface area contributed by atoms with Gasteiger partial charge in [-0.25, -0.2) is 0 Å². The van der Waals surface area contributed by atoms with E-state index in [0.29, 0.717) is 6.42 Å². The summed E-state index contributed by atoms with van der Waals surface area (Å²) in [5.41, 5.74) is 2.96. The van der Waals surface area contributed by atoms with Crippen LogP contribution in [0.5, 0.6) is 0 Å². The van der Waals surface area contributed by atoms with Crippen LogP contribution in [-0.2, 0) is 18.3 Å². The van der Waals surface area contributed by atoms with E-state index in [4.69, 9.17) is 5.11 Å². The molecule has 1 aromatic heterocycles. The lowest BCUT2D eigenvalue weighted by molar-refractivity contribution is -0.141. The lowest BCUT2D eigenvalue weighted by atomic mass is 9.99. The molecule has 2 aromatic rings. The van der Waals surface area contributed by atoms with Crippen LogP contribution in [0.3, 0.4) is 0 Å². The normalized spacial score (nSPS) is 12.4. The summed E-state index contributed by atoms with van der Waals surface area (Å²) in [6.45, 7) is 1.71. The molecule has 0 saturated heterocycles. The molecule has 0 spiro atoms. The van der Waals surface area contributed by atoms with Crippen LogP contribution in [0.15, 0.2) is 34.9 Å². The van der Waals surface area contributed by atoms with Crippen LogP contribution in [-0.4, -0.2) is 20.9 Å². The molecule has 100 valence electrons. The van der Waals surface area contributed by atoms with E-state index in [9.17, 15) is 4.79 Å². The smallest absolute Gasteiger partial charge is 0.306 e. The Morgan fingerprint density at radius 1 is 1.53 bits per heavy atom. The fourth-order valence-electron chi connectivity index (χ4n) is 1.98. The van der Waals surface area contributed by atoms with E-state index in [-0.39, 0.29) is 0 Å². The highest BCUT2D eigenvalue weighted by molar-refractivity contribution is 9.10. The summed E-state index contributed by atoms with van der Waals surface area (Å²) in [6, 6.07) is 7.92. The van der Waals surface area contributed by atoms with Gasteiger partial charge in [-0.3, -0.25) is 9.48 Å².